The van der Waals surface area contributed by atoms with Crippen molar-refractivity contribution in [3.63, 3.8) is 0 Å². The summed E-state index contributed by atoms with van der Waals surface area (Å²) >= 11 is 0. The number of hydrogen-bond acceptors (Lipinski definition) is 1. The Morgan fingerprint density at radius 3 is 2.30 bits per heavy atom. The quantitative estimate of drug-likeness (QED) is 0.335. The van der Waals surface area contributed by atoms with Crippen molar-refractivity contribution in [3.8, 4) is 6.07 Å². The van der Waals surface area contributed by atoms with Crippen LogP contribution in [0.5, 0.6) is 0 Å². The maximum atomic E-state index is 12.8. The van der Waals surface area contributed by atoms with Gasteiger partial charge in [-0.05, 0) is 59.9 Å². The Kier molecular flexibility index (Phi) is 5.77. The van der Waals surface area contributed by atoms with Crippen molar-refractivity contribution < 1.29 is 13.2 Å². The molecule has 0 radical (unpaired) electrons. The third-order valence-corrected chi connectivity index (χ3v) is 5.41. The standard InChI is InChI=1S/C27H18F3N3/c1-17-3-5-19(6-4-17)22(16-31)12-18-11-21-14-24(33-26(21)13-18)15-25(32-2)20-7-9-23(10-8-20)27(28,29)30/h3-10,12-15,33H,11H2,1H3/b22-12+,25-15-. The fraction of sp³-hybridized carbons (Fsp3) is 0.111. The number of aromatic amines is 1. The van der Waals surface area contributed by atoms with Gasteiger partial charge >= 0.3 is 6.18 Å². The number of alkyl halides is 3. The van der Waals surface area contributed by atoms with Crippen LogP contribution in [0.2, 0.25) is 0 Å². The Hall–Kier alpha value is -4.29. The fourth-order valence-corrected chi connectivity index (χ4v) is 3.70. The van der Waals surface area contributed by atoms with Gasteiger partial charge in [0.2, 0.25) is 0 Å². The number of fused-ring (bicyclic) bond motifs is 1. The summed E-state index contributed by atoms with van der Waals surface area (Å²) in [5.74, 6) is 0. The molecule has 3 nitrogen and oxygen atoms in total. The molecule has 0 amide bonds. The Bertz CT molecular complexity index is 1370. The van der Waals surface area contributed by atoms with Crippen LogP contribution < -0.4 is 0 Å². The van der Waals surface area contributed by atoms with E-state index in [2.05, 4.69) is 15.9 Å². The maximum absolute atomic E-state index is 12.8. The van der Waals surface area contributed by atoms with E-state index >= 15 is 0 Å². The van der Waals surface area contributed by atoms with Gasteiger partial charge in [0.25, 0.3) is 0 Å². The second-order valence-corrected chi connectivity index (χ2v) is 7.81. The first-order valence-corrected chi connectivity index (χ1v) is 10.1. The highest BCUT2D eigenvalue weighted by atomic mass is 19.4. The molecule has 0 aliphatic heterocycles. The topological polar surface area (TPSA) is 43.9 Å². The van der Waals surface area contributed by atoms with Crippen molar-refractivity contribution in [1.82, 2.24) is 4.98 Å². The first-order valence-electron chi connectivity index (χ1n) is 10.1. The lowest BCUT2D eigenvalue weighted by molar-refractivity contribution is -0.137. The van der Waals surface area contributed by atoms with E-state index in [-0.39, 0.29) is 5.70 Å². The molecule has 1 aromatic heterocycles. The van der Waals surface area contributed by atoms with E-state index in [4.69, 9.17) is 6.57 Å². The molecule has 162 valence electrons. The van der Waals surface area contributed by atoms with E-state index in [0.29, 0.717) is 23.3 Å². The van der Waals surface area contributed by atoms with Crippen LogP contribution in [0.15, 0.2) is 66.2 Å². The Morgan fingerprint density at radius 2 is 1.73 bits per heavy atom. The molecule has 0 bridgehead atoms. The minimum absolute atomic E-state index is 0.249. The van der Waals surface area contributed by atoms with Gasteiger partial charge in [-0.25, -0.2) is 4.85 Å². The van der Waals surface area contributed by atoms with E-state index in [0.717, 1.165) is 40.1 Å². The van der Waals surface area contributed by atoms with Crippen molar-refractivity contribution in [1.29, 1.82) is 5.26 Å². The maximum Gasteiger partial charge on any atom is 0.416 e. The van der Waals surface area contributed by atoms with Gasteiger partial charge in [-0.1, -0.05) is 54.1 Å². The second-order valence-electron chi connectivity index (χ2n) is 7.81. The summed E-state index contributed by atoms with van der Waals surface area (Å²) < 4.78 is 38.3. The zero-order chi connectivity index (χ0) is 23.6. The number of nitriles is 1. The van der Waals surface area contributed by atoms with E-state index in [1.165, 1.54) is 12.1 Å². The number of H-pyrrole nitrogens is 1. The number of nitrogens with zero attached hydrogens (tertiary/aromatic N) is 2. The van der Waals surface area contributed by atoms with E-state index in [9.17, 15) is 18.4 Å². The molecular weight excluding hydrogens is 423 g/mol. The Balaban J connectivity index is 1.57. The molecule has 0 saturated carbocycles. The molecule has 0 spiro atoms. The summed E-state index contributed by atoms with van der Waals surface area (Å²) in [6, 6.07) is 16.5. The van der Waals surface area contributed by atoms with Crippen LogP contribution in [0.1, 0.15) is 39.2 Å². The summed E-state index contributed by atoms with van der Waals surface area (Å²) in [5.41, 5.74) is 6.12. The smallest absolute Gasteiger partial charge is 0.356 e. The number of benzene rings is 2. The summed E-state index contributed by atoms with van der Waals surface area (Å²) in [6.45, 7) is 9.43. The summed E-state index contributed by atoms with van der Waals surface area (Å²) in [7, 11) is 0. The molecule has 6 heteroatoms. The number of allylic oxidation sites excluding steroid dienone is 3. The monoisotopic (exact) mass is 441 g/mol. The SMILES string of the molecule is [C-]#[N+]/C(=C\c1cc2c([nH]1)C=C(/C=C(\C#N)c1ccc(C)cc1)C2)c1ccc(C(F)(F)F)cc1. The van der Waals surface area contributed by atoms with Crippen LogP contribution in [-0.4, -0.2) is 4.98 Å². The Labute approximate surface area is 189 Å². The molecule has 0 unspecified atom stereocenters. The van der Waals surface area contributed by atoms with Crippen LogP contribution in [0, 0.1) is 24.8 Å². The number of halogens is 3. The highest BCUT2D eigenvalue weighted by Crippen LogP contribution is 2.32. The van der Waals surface area contributed by atoms with Gasteiger partial charge in [-0.2, -0.15) is 18.4 Å². The molecule has 1 aliphatic carbocycles. The van der Waals surface area contributed by atoms with Crippen LogP contribution in [0.3, 0.4) is 0 Å². The molecule has 33 heavy (non-hydrogen) atoms. The molecule has 2 aromatic carbocycles. The lowest BCUT2D eigenvalue weighted by Gasteiger charge is -2.07. The van der Waals surface area contributed by atoms with Gasteiger partial charge < -0.3 is 4.98 Å². The van der Waals surface area contributed by atoms with E-state index in [1.807, 2.05) is 49.4 Å². The number of nitrogens with one attached hydrogen (secondary N) is 1. The first kappa shape index (κ1) is 21.9. The van der Waals surface area contributed by atoms with Crippen LogP contribution in [-0.2, 0) is 12.6 Å². The van der Waals surface area contributed by atoms with Gasteiger partial charge in [0.15, 0.2) is 5.70 Å². The zero-order valence-electron chi connectivity index (χ0n) is 17.7. The number of hydrogen-bond donors (Lipinski definition) is 1. The predicted molar refractivity (Wildman–Crippen MR) is 123 cm³/mol. The summed E-state index contributed by atoms with van der Waals surface area (Å²) in [4.78, 5) is 6.73. The molecule has 1 heterocycles. The second kappa shape index (κ2) is 8.68. The molecule has 4 rings (SSSR count). The van der Waals surface area contributed by atoms with Gasteiger partial charge in [-0.15, -0.1) is 0 Å². The molecular formula is C27H18F3N3. The Morgan fingerprint density at radius 1 is 1.06 bits per heavy atom. The molecule has 1 aliphatic rings. The minimum atomic E-state index is -4.41. The highest BCUT2D eigenvalue weighted by molar-refractivity contribution is 5.86. The lowest BCUT2D eigenvalue weighted by Crippen LogP contribution is -2.04. The molecule has 0 fully saturated rings. The summed E-state index contributed by atoms with van der Waals surface area (Å²) in [6.07, 6.45) is 1.70. The summed E-state index contributed by atoms with van der Waals surface area (Å²) in [5, 5.41) is 9.57. The number of aryl methyl sites for hydroxylation is 1. The molecule has 0 atom stereocenters. The molecule has 3 aromatic rings. The van der Waals surface area contributed by atoms with Crippen molar-refractivity contribution in [2.75, 3.05) is 0 Å². The fourth-order valence-electron chi connectivity index (χ4n) is 3.70. The predicted octanol–water partition coefficient (Wildman–Crippen LogP) is 7.31. The minimum Gasteiger partial charge on any atom is -0.356 e. The van der Waals surface area contributed by atoms with Crippen LogP contribution in [0.25, 0.3) is 28.3 Å². The number of rotatable bonds is 4. The van der Waals surface area contributed by atoms with E-state index < -0.39 is 11.7 Å². The molecule has 0 saturated heterocycles. The largest absolute Gasteiger partial charge is 0.416 e. The van der Waals surface area contributed by atoms with Gasteiger partial charge in [-0.3, -0.25) is 0 Å². The van der Waals surface area contributed by atoms with Crippen LogP contribution in [0.4, 0.5) is 13.2 Å². The zero-order valence-corrected chi connectivity index (χ0v) is 17.7. The average molecular weight is 441 g/mol. The van der Waals surface area contributed by atoms with Crippen molar-refractivity contribution in [2.24, 2.45) is 0 Å². The van der Waals surface area contributed by atoms with Crippen molar-refractivity contribution in [3.05, 3.63) is 117 Å². The van der Waals surface area contributed by atoms with Crippen molar-refractivity contribution in [2.45, 2.75) is 19.5 Å². The first-order chi connectivity index (χ1) is 15.8. The number of aromatic nitrogens is 1. The molecule has 1 N–H and O–H groups in total. The van der Waals surface area contributed by atoms with Crippen molar-refractivity contribution >= 4 is 23.4 Å². The third kappa shape index (κ3) is 4.81. The van der Waals surface area contributed by atoms with Gasteiger partial charge in [0.1, 0.15) is 0 Å². The van der Waals surface area contributed by atoms with Gasteiger partial charge in [0.05, 0.1) is 23.8 Å². The lowest BCUT2D eigenvalue weighted by atomic mass is 10.0. The average Bonchev–Trinajstić information content (AvgIpc) is 3.34. The highest BCUT2D eigenvalue weighted by Gasteiger charge is 2.30. The van der Waals surface area contributed by atoms with Crippen LogP contribution >= 0.6 is 0 Å². The van der Waals surface area contributed by atoms with E-state index in [1.54, 1.807) is 6.08 Å². The normalized spacial score (nSPS) is 13.8. The third-order valence-electron chi connectivity index (χ3n) is 5.41. The van der Waals surface area contributed by atoms with Gasteiger partial charge in [0, 0.05) is 11.4 Å².